The van der Waals surface area contributed by atoms with Crippen molar-refractivity contribution < 1.29 is 37.9 Å². The Morgan fingerprint density at radius 3 is 2.15 bits per heavy atom. The van der Waals surface area contributed by atoms with Gasteiger partial charge in [-0.2, -0.15) is 0 Å². The molecule has 0 radical (unpaired) electrons. The van der Waals surface area contributed by atoms with Crippen molar-refractivity contribution in [2.75, 3.05) is 5.75 Å². The summed E-state index contributed by atoms with van der Waals surface area (Å²) >= 11 is -0.0195. The van der Waals surface area contributed by atoms with E-state index in [1.54, 1.807) is 0 Å². The third-order valence-corrected chi connectivity index (χ3v) is 8.22. The van der Waals surface area contributed by atoms with Crippen LogP contribution in [0.1, 0.15) is 61.3 Å². The lowest BCUT2D eigenvalue weighted by Gasteiger charge is -2.47. The van der Waals surface area contributed by atoms with Gasteiger partial charge in [0.05, 0.1) is 6.04 Å². The minimum absolute atomic E-state index is 0.165. The Kier molecular flexibility index (Phi) is 10.7. The minimum atomic E-state index is -1.46. The van der Waals surface area contributed by atoms with Gasteiger partial charge in [-0.25, -0.2) is 0 Å². The molecule has 0 aromatic heterocycles. The monoisotopic (exact) mass is 519 g/mol. The highest BCUT2D eigenvalue weighted by Crippen LogP contribution is 2.38. The second kappa shape index (κ2) is 12.6. The molecule has 11 heteroatoms. The van der Waals surface area contributed by atoms with E-state index in [1.807, 2.05) is 33.8 Å². The molecule has 1 N–H and O–H groups in total. The molecule has 9 nitrogen and oxygen atoms in total. The number of hydrogen-bond donors (Lipinski definition) is 1. The third-order valence-electron chi connectivity index (χ3n) is 5.39. The maximum absolute atomic E-state index is 13.1. The SMILES string of the molecule is CC(=O)O[C@@H]1[C@H](OC(C)=O)[C@@H](OC(C)=O)[C@@H]2O[C@@H]1[C@H](N[S+]([O-])C(C)(C)C)[C@H](C)/C=C\CCCS2. The Hall–Kier alpha value is -1.27. The summed E-state index contributed by atoms with van der Waals surface area (Å²) in [4.78, 5) is 36.1. The summed E-state index contributed by atoms with van der Waals surface area (Å²) in [5.74, 6) is -1.23. The zero-order valence-corrected chi connectivity index (χ0v) is 22.5. The number of carbonyl (C=O) groups is 3. The van der Waals surface area contributed by atoms with Gasteiger partial charge in [0.25, 0.3) is 0 Å². The lowest BCUT2D eigenvalue weighted by atomic mass is 9.88. The van der Waals surface area contributed by atoms with Crippen molar-refractivity contribution in [3.63, 3.8) is 0 Å². The third kappa shape index (κ3) is 8.15. The molecule has 0 spiro atoms. The normalized spacial score (nSPS) is 34.2. The van der Waals surface area contributed by atoms with E-state index in [0.717, 1.165) is 12.8 Å². The molecular formula is C23H37NO8S2. The largest absolute Gasteiger partial charge is 0.598 e. The van der Waals surface area contributed by atoms with Gasteiger partial charge in [0, 0.05) is 32.1 Å². The Morgan fingerprint density at radius 1 is 1.03 bits per heavy atom. The van der Waals surface area contributed by atoms with Crippen LogP contribution in [0.15, 0.2) is 12.2 Å². The molecule has 0 saturated carbocycles. The van der Waals surface area contributed by atoms with Crippen molar-refractivity contribution in [2.24, 2.45) is 5.92 Å². The summed E-state index contributed by atoms with van der Waals surface area (Å²) in [5, 5.41) is 0. The number of carbonyl (C=O) groups excluding carboxylic acids is 3. The van der Waals surface area contributed by atoms with Gasteiger partial charge < -0.3 is 23.5 Å². The molecule has 2 rings (SSSR count). The van der Waals surface area contributed by atoms with E-state index in [1.165, 1.54) is 32.5 Å². The molecule has 0 aromatic carbocycles. The standard InChI is InChI=1S/C23H37NO8S2/c1-13-11-9-8-10-12-33-22-21(31-16(4)27)20(30-15(3)26)19(29-14(2)25)18(32-22)17(13)24-34(28)23(5,6)7/h9,11,13,17-22,24H,8,10,12H2,1-7H3/b11-9-/t13-,17-,18-,19+,20+,21-,22-,34?/m1/s1. The summed E-state index contributed by atoms with van der Waals surface area (Å²) in [6, 6.07) is -0.557. The number of fused-ring (bicyclic) bond motifs is 2. The molecule has 2 aliphatic heterocycles. The predicted molar refractivity (Wildman–Crippen MR) is 130 cm³/mol. The fourth-order valence-electron chi connectivity index (χ4n) is 3.83. The Morgan fingerprint density at radius 2 is 1.59 bits per heavy atom. The first-order chi connectivity index (χ1) is 15.8. The van der Waals surface area contributed by atoms with Gasteiger partial charge in [-0.15, -0.1) is 16.5 Å². The maximum Gasteiger partial charge on any atom is 0.303 e. The first kappa shape index (κ1) is 29.0. The topological polar surface area (TPSA) is 123 Å². The highest BCUT2D eigenvalue weighted by molar-refractivity contribution is 7.99. The molecule has 2 aliphatic rings. The molecule has 0 aromatic rings. The predicted octanol–water partition coefficient (Wildman–Crippen LogP) is 2.65. The average Bonchev–Trinajstić information content (AvgIpc) is 2.72. The minimum Gasteiger partial charge on any atom is -0.598 e. The average molecular weight is 520 g/mol. The van der Waals surface area contributed by atoms with Crippen molar-refractivity contribution in [3.8, 4) is 0 Å². The van der Waals surface area contributed by atoms with Crippen LogP contribution < -0.4 is 4.72 Å². The van der Waals surface area contributed by atoms with Crippen molar-refractivity contribution in [1.29, 1.82) is 0 Å². The van der Waals surface area contributed by atoms with E-state index in [9.17, 15) is 18.9 Å². The zero-order chi connectivity index (χ0) is 25.6. The quantitative estimate of drug-likeness (QED) is 0.251. The Labute approximate surface area is 209 Å². The maximum atomic E-state index is 13.1. The number of nitrogens with one attached hydrogen (secondary N) is 1. The second-order valence-corrected chi connectivity index (χ2v) is 12.7. The first-order valence-corrected chi connectivity index (χ1v) is 13.6. The van der Waals surface area contributed by atoms with Crippen LogP contribution in [-0.2, 0) is 44.7 Å². The molecule has 34 heavy (non-hydrogen) atoms. The van der Waals surface area contributed by atoms with Crippen molar-refractivity contribution in [3.05, 3.63) is 12.2 Å². The number of hydrogen-bond acceptors (Lipinski definition) is 10. The van der Waals surface area contributed by atoms with Gasteiger partial charge in [-0.3, -0.25) is 14.4 Å². The van der Waals surface area contributed by atoms with Crippen molar-refractivity contribution in [1.82, 2.24) is 4.72 Å². The Bertz CT molecular complexity index is 756. The van der Waals surface area contributed by atoms with Gasteiger partial charge >= 0.3 is 17.9 Å². The highest BCUT2D eigenvalue weighted by atomic mass is 32.2. The van der Waals surface area contributed by atoms with Crippen LogP contribution in [0.3, 0.4) is 0 Å². The molecule has 194 valence electrons. The number of allylic oxidation sites excluding steroid dienone is 1. The summed E-state index contributed by atoms with van der Waals surface area (Å²) < 4.78 is 39.0. The second-order valence-electron chi connectivity index (χ2n) is 9.52. The molecule has 1 unspecified atom stereocenters. The number of rotatable bonds is 5. The molecule has 1 saturated heterocycles. The van der Waals surface area contributed by atoms with Crippen LogP contribution in [0.4, 0.5) is 0 Å². The summed E-state index contributed by atoms with van der Waals surface area (Å²) in [5.41, 5.74) is -0.678. The van der Waals surface area contributed by atoms with E-state index in [4.69, 9.17) is 18.9 Å². The molecule has 0 aliphatic carbocycles. The van der Waals surface area contributed by atoms with Gasteiger partial charge in [-0.1, -0.05) is 19.1 Å². The molecule has 1 fully saturated rings. The lowest BCUT2D eigenvalue weighted by molar-refractivity contribution is -0.236. The molecular weight excluding hydrogens is 482 g/mol. The van der Waals surface area contributed by atoms with E-state index >= 15 is 0 Å². The summed E-state index contributed by atoms with van der Waals surface area (Å²) in [7, 11) is 0. The van der Waals surface area contributed by atoms with Gasteiger partial charge in [0.1, 0.15) is 16.3 Å². The summed E-state index contributed by atoms with van der Waals surface area (Å²) in [6.07, 6.45) is 1.80. The lowest BCUT2D eigenvalue weighted by Crippen LogP contribution is -2.66. The number of esters is 3. The van der Waals surface area contributed by atoms with Crippen molar-refractivity contribution >= 4 is 41.0 Å². The van der Waals surface area contributed by atoms with Crippen LogP contribution in [0.5, 0.6) is 0 Å². The molecule has 8 atom stereocenters. The van der Waals surface area contributed by atoms with E-state index < -0.39 is 69.9 Å². The smallest absolute Gasteiger partial charge is 0.303 e. The van der Waals surface area contributed by atoms with E-state index in [2.05, 4.69) is 10.8 Å². The fourth-order valence-corrected chi connectivity index (χ4v) is 5.95. The number of ether oxygens (including phenoxy) is 4. The van der Waals surface area contributed by atoms with E-state index in [-0.39, 0.29) is 5.92 Å². The van der Waals surface area contributed by atoms with Gasteiger partial charge in [0.2, 0.25) is 0 Å². The fraction of sp³-hybridized carbons (Fsp3) is 0.783. The number of thioether (sulfide) groups is 1. The Balaban J connectivity index is 2.60. The van der Waals surface area contributed by atoms with Crippen LogP contribution in [0, 0.1) is 5.92 Å². The van der Waals surface area contributed by atoms with Crippen LogP contribution in [0.2, 0.25) is 0 Å². The van der Waals surface area contributed by atoms with E-state index in [0.29, 0.717) is 5.75 Å². The van der Waals surface area contributed by atoms with Crippen molar-refractivity contribution in [2.45, 2.75) is 102 Å². The van der Waals surface area contributed by atoms with Gasteiger partial charge in [0.15, 0.2) is 18.3 Å². The highest BCUT2D eigenvalue weighted by Gasteiger charge is 2.55. The molecule has 2 bridgehead atoms. The van der Waals surface area contributed by atoms with Crippen LogP contribution in [-0.4, -0.2) is 68.9 Å². The van der Waals surface area contributed by atoms with Crippen LogP contribution >= 0.6 is 11.8 Å². The zero-order valence-electron chi connectivity index (χ0n) is 20.9. The summed E-state index contributed by atoms with van der Waals surface area (Å²) in [6.45, 7) is 11.3. The van der Waals surface area contributed by atoms with Gasteiger partial charge in [-0.05, 0) is 45.3 Å². The molecule has 0 amide bonds. The first-order valence-electron chi connectivity index (χ1n) is 11.4. The molecule has 2 heterocycles. The van der Waals surface area contributed by atoms with Crippen LogP contribution in [0.25, 0.3) is 0 Å².